The first-order valence-corrected chi connectivity index (χ1v) is 12.6. The van der Waals surface area contributed by atoms with Gasteiger partial charge in [-0.05, 0) is 49.7 Å². The molecule has 3 rings (SSSR count). The number of halogens is 1. The third-order valence-corrected chi connectivity index (χ3v) is 8.32. The zero-order chi connectivity index (χ0) is 21.9. The molecule has 0 unspecified atom stereocenters. The minimum atomic E-state index is -3.33. The van der Waals surface area contributed by atoms with Crippen molar-refractivity contribution in [2.75, 3.05) is 13.7 Å². The second kappa shape index (κ2) is 9.55. The Labute approximate surface area is 188 Å². The van der Waals surface area contributed by atoms with Crippen LogP contribution >= 0.6 is 27.3 Å². The first-order chi connectivity index (χ1) is 14.2. The number of sulfone groups is 1. The molecule has 0 aliphatic carbocycles. The molecule has 3 aromatic rings. The van der Waals surface area contributed by atoms with E-state index in [9.17, 15) is 13.2 Å². The monoisotopic (exact) mass is 510 g/mol. The number of aromatic nitrogens is 1. The molecule has 0 aliphatic heterocycles. The van der Waals surface area contributed by atoms with Gasteiger partial charge in [-0.2, -0.15) is 4.99 Å². The normalized spacial score (nSPS) is 12.8. The molecule has 1 aromatic heterocycles. The molecular weight excluding hydrogens is 488 g/mol. The Morgan fingerprint density at radius 3 is 2.53 bits per heavy atom. The smallest absolute Gasteiger partial charge is 0.252 e. The van der Waals surface area contributed by atoms with E-state index in [2.05, 4.69) is 20.9 Å². The lowest BCUT2D eigenvalue weighted by Crippen LogP contribution is -2.19. The van der Waals surface area contributed by atoms with Crippen LogP contribution in [0.3, 0.4) is 0 Å². The largest absolute Gasteiger partial charge is 0.383 e. The first-order valence-electron chi connectivity index (χ1n) is 9.40. The van der Waals surface area contributed by atoms with Crippen molar-refractivity contribution < 1.29 is 17.9 Å². The Bertz CT molecular complexity index is 1230. The molecule has 0 atom stereocenters. The summed E-state index contributed by atoms with van der Waals surface area (Å²) < 4.78 is 33.6. The summed E-state index contributed by atoms with van der Waals surface area (Å²) >= 11 is 4.92. The van der Waals surface area contributed by atoms with Crippen LogP contribution < -0.4 is 4.80 Å². The second-order valence-corrected chi connectivity index (χ2v) is 11.5. The van der Waals surface area contributed by atoms with E-state index in [1.807, 2.05) is 22.8 Å². The number of carbonyl (C=O) groups is 1. The highest BCUT2D eigenvalue weighted by atomic mass is 79.9. The van der Waals surface area contributed by atoms with Crippen molar-refractivity contribution in [3.8, 4) is 0 Å². The van der Waals surface area contributed by atoms with Crippen molar-refractivity contribution in [3.63, 3.8) is 0 Å². The molecule has 6 nitrogen and oxygen atoms in total. The highest BCUT2D eigenvalue weighted by Gasteiger charge is 2.19. The van der Waals surface area contributed by atoms with E-state index in [0.717, 1.165) is 20.3 Å². The molecule has 1 amide bonds. The van der Waals surface area contributed by atoms with Crippen molar-refractivity contribution in [2.45, 2.75) is 37.0 Å². The van der Waals surface area contributed by atoms with Crippen molar-refractivity contribution in [3.05, 3.63) is 57.3 Å². The van der Waals surface area contributed by atoms with E-state index >= 15 is 0 Å². The summed E-state index contributed by atoms with van der Waals surface area (Å²) in [4.78, 5) is 17.8. The van der Waals surface area contributed by atoms with Gasteiger partial charge in [0.2, 0.25) is 0 Å². The molecular formula is C21H23BrN2O4S2. The second-order valence-electron chi connectivity index (χ2n) is 7.06. The standard InChI is InChI=1S/C21H23BrN2O4S2/c1-14(2)30(26,27)17-7-4-15(5-8-17)12-20(25)23-21-24(10-11-28-3)18-9-6-16(22)13-19(18)29-21/h4-9,13-14H,10-12H2,1-3H3. The lowest BCUT2D eigenvalue weighted by Gasteiger charge is -2.08. The molecule has 160 valence electrons. The lowest BCUT2D eigenvalue weighted by molar-refractivity contribution is -0.117. The molecule has 0 bridgehead atoms. The predicted molar refractivity (Wildman–Crippen MR) is 122 cm³/mol. The molecule has 0 aliphatic rings. The van der Waals surface area contributed by atoms with E-state index in [-0.39, 0.29) is 17.2 Å². The Hall–Kier alpha value is -1.81. The molecule has 0 saturated heterocycles. The summed E-state index contributed by atoms with van der Waals surface area (Å²) in [5.41, 5.74) is 1.72. The number of rotatable bonds is 7. The molecule has 0 saturated carbocycles. The lowest BCUT2D eigenvalue weighted by atomic mass is 10.1. The number of methoxy groups -OCH3 is 1. The van der Waals surface area contributed by atoms with Gasteiger partial charge in [0.25, 0.3) is 5.91 Å². The Kier molecular flexibility index (Phi) is 7.28. The zero-order valence-electron chi connectivity index (χ0n) is 17.0. The number of benzene rings is 2. The number of ether oxygens (including phenoxy) is 1. The third kappa shape index (κ3) is 5.08. The molecule has 0 N–H and O–H groups in total. The number of carbonyl (C=O) groups excluding carboxylic acids is 1. The predicted octanol–water partition coefficient (Wildman–Crippen LogP) is 3.96. The molecule has 1 heterocycles. The molecule has 0 spiro atoms. The van der Waals surface area contributed by atoms with Gasteiger partial charge in [0.05, 0.1) is 33.4 Å². The highest BCUT2D eigenvalue weighted by Crippen LogP contribution is 2.22. The molecule has 9 heteroatoms. The molecule has 2 aromatic carbocycles. The summed E-state index contributed by atoms with van der Waals surface area (Å²) in [5, 5.41) is -0.490. The summed E-state index contributed by atoms with van der Waals surface area (Å²) in [7, 11) is -1.69. The Morgan fingerprint density at radius 2 is 1.90 bits per heavy atom. The molecule has 30 heavy (non-hydrogen) atoms. The maximum absolute atomic E-state index is 12.6. The Morgan fingerprint density at radius 1 is 1.20 bits per heavy atom. The van der Waals surface area contributed by atoms with Crippen molar-refractivity contribution in [2.24, 2.45) is 4.99 Å². The SMILES string of the molecule is COCCn1c(=NC(=O)Cc2ccc(S(=O)(=O)C(C)C)cc2)sc2cc(Br)ccc21. The fraction of sp³-hybridized carbons (Fsp3) is 0.333. The van der Waals surface area contributed by atoms with Crippen LogP contribution in [0.15, 0.2) is 56.8 Å². The number of hydrogen-bond donors (Lipinski definition) is 0. The fourth-order valence-corrected chi connectivity index (χ4v) is 5.61. The first kappa shape index (κ1) is 22.9. The summed E-state index contributed by atoms with van der Waals surface area (Å²) in [6.45, 7) is 4.39. The van der Waals surface area contributed by atoms with Crippen LogP contribution in [0.4, 0.5) is 0 Å². The van der Waals surface area contributed by atoms with E-state index in [1.54, 1.807) is 45.2 Å². The van der Waals surface area contributed by atoms with Gasteiger partial charge in [-0.25, -0.2) is 8.42 Å². The summed E-state index contributed by atoms with van der Waals surface area (Å²) in [5.74, 6) is -0.286. The minimum Gasteiger partial charge on any atom is -0.383 e. The fourth-order valence-electron chi connectivity index (χ4n) is 2.92. The highest BCUT2D eigenvalue weighted by molar-refractivity contribution is 9.10. The van der Waals surface area contributed by atoms with Gasteiger partial charge in [-0.1, -0.05) is 39.4 Å². The van der Waals surface area contributed by atoms with Crippen LogP contribution in [0, 0.1) is 0 Å². The van der Waals surface area contributed by atoms with Crippen molar-refractivity contribution in [1.82, 2.24) is 4.57 Å². The minimum absolute atomic E-state index is 0.101. The van der Waals surface area contributed by atoms with Gasteiger partial charge >= 0.3 is 0 Å². The van der Waals surface area contributed by atoms with Crippen LogP contribution in [-0.2, 0) is 32.3 Å². The van der Waals surface area contributed by atoms with Gasteiger partial charge in [-0.3, -0.25) is 4.79 Å². The van der Waals surface area contributed by atoms with Gasteiger partial charge in [0.15, 0.2) is 14.6 Å². The van der Waals surface area contributed by atoms with Crippen molar-refractivity contribution in [1.29, 1.82) is 0 Å². The topological polar surface area (TPSA) is 77.7 Å². The van der Waals surface area contributed by atoms with Crippen LogP contribution in [0.1, 0.15) is 19.4 Å². The average molecular weight is 511 g/mol. The molecule has 0 radical (unpaired) electrons. The number of hydrogen-bond acceptors (Lipinski definition) is 5. The number of amides is 1. The van der Waals surface area contributed by atoms with E-state index in [1.165, 1.54) is 11.3 Å². The van der Waals surface area contributed by atoms with Crippen LogP contribution in [0.2, 0.25) is 0 Å². The number of fused-ring (bicyclic) bond motifs is 1. The average Bonchev–Trinajstić information content (AvgIpc) is 3.02. The van der Waals surface area contributed by atoms with Gasteiger partial charge in [-0.15, -0.1) is 0 Å². The maximum atomic E-state index is 12.6. The maximum Gasteiger partial charge on any atom is 0.252 e. The summed E-state index contributed by atoms with van der Waals surface area (Å²) in [6.07, 6.45) is 0.101. The molecule has 0 fully saturated rings. The van der Waals surface area contributed by atoms with E-state index in [4.69, 9.17) is 4.74 Å². The van der Waals surface area contributed by atoms with Crippen LogP contribution in [0.5, 0.6) is 0 Å². The van der Waals surface area contributed by atoms with Crippen LogP contribution in [0.25, 0.3) is 10.2 Å². The van der Waals surface area contributed by atoms with E-state index < -0.39 is 15.1 Å². The Balaban J connectivity index is 1.88. The van der Waals surface area contributed by atoms with Gasteiger partial charge in [0, 0.05) is 18.1 Å². The zero-order valence-corrected chi connectivity index (χ0v) is 20.2. The number of nitrogens with zero attached hydrogens (tertiary/aromatic N) is 2. The third-order valence-electron chi connectivity index (χ3n) is 4.61. The quantitative estimate of drug-likeness (QED) is 0.481. The summed E-state index contributed by atoms with van der Waals surface area (Å²) in [6, 6.07) is 12.4. The van der Waals surface area contributed by atoms with Gasteiger partial charge < -0.3 is 9.30 Å². The van der Waals surface area contributed by atoms with E-state index in [0.29, 0.717) is 18.0 Å². The van der Waals surface area contributed by atoms with Crippen molar-refractivity contribution >= 4 is 53.2 Å². The van der Waals surface area contributed by atoms with Crippen LogP contribution in [-0.4, -0.2) is 37.9 Å². The number of thiazole rings is 1. The van der Waals surface area contributed by atoms with Gasteiger partial charge in [0.1, 0.15) is 0 Å².